The summed E-state index contributed by atoms with van der Waals surface area (Å²) in [4.78, 5) is 46.7. The minimum atomic E-state index is -1.21. The first-order valence-corrected chi connectivity index (χ1v) is 9.58. The zero-order chi connectivity index (χ0) is 22.8. The molecule has 0 aliphatic carbocycles. The first-order valence-electron chi connectivity index (χ1n) is 9.58. The molecular weight excluding hydrogens is 382 g/mol. The van der Waals surface area contributed by atoms with E-state index < -0.39 is 47.2 Å². The molecule has 0 radical (unpaired) electrons. The summed E-state index contributed by atoms with van der Waals surface area (Å²) < 4.78 is 10.2. The molecule has 0 aliphatic rings. The van der Waals surface area contributed by atoms with Crippen LogP contribution in [0, 0.1) is 0 Å². The predicted octanol–water partition coefficient (Wildman–Crippen LogP) is 1.31. The highest BCUT2D eigenvalue weighted by Gasteiger charge is 2.26. The molecule has 0 rings (SSSR count). The molecule has 10 nitrogen and oxygen atoms in total. The lowest BCUT2D eigenvalue weighted by Crippen LogP contribution is -2.49. The molecule has 2 amide bonds. The lowest BCUT2D eigenvalue weighted by molar-refractivity contribution is -0.156. The molecule has 0 aromatic rings. The van der Waals surface area contributed by atoms with Gasteiger partial charge in [-0.25, -0.2) is 9.59 Å². The molecule has 0 saturated carbocycles. The highest BCUT2D eigenvalue weighted by atomic mass is 16.6. The first-order chi connectivity index (χ1) is 13.1. The number of hydrogen-bond donors (Lipinski definition) is 4. The highest BCUT2D eigenvalue weighted by molar-refractivity contribution is 5.89. The van der Waals surface area contributed by atoms with Crippen LogP contribution in [0.3, 0.4) is 0 Å². The Balaban J connectivity index is 4.34. The number of nitrogens with one attached hydrogen (secondary N) is 2. The number of esters is 1. The molecule has 0 fully saturated rings. The Hall–Kier alpha value is -2.36. The van der Waals surface area contributed by atoms with Crippen molar-refractivity contribution in [3.8, 4) is 0 Å². The van der Waals surface area contributed by atoms with Gasteiger partial charge in [0, 0.05) is 6.54 Å². The number of amides is 2. The lowest BCUT2D eigenvalue weighted by Gasteiger charge is -2.21. The molecule has 0 heterocycles. The number of carboxylic acid groups (broad SMARTS) is 1. The molecular formula is C19H35N3O7. The summed E-state index contributed by atoms with van der Waals surface area (Å²) in [5.41, 5.74) is 4.38. The summed E-state index contributed by atoms with van der Waals surface area (Å²) in [6.07, 6.45) is 0.191. The van der Waals surface area contributed by atoms with E-state index in [1.165, 1.54) is 0 Å². The molecule has 0 aromatic heterocycles. The summed E-state index contributed by atoms with van der Waals surface area (Å²) in [5.74, 6) is -2.58. The molecule has 0 aliphatic heterocycles. The summed E-state index contributed by atoms with van der Waals surface area (Å²) in [7, 11) is 0. The number of aliphatic carboxylic acids is 1. The molecule has 0 aromatic carbocycles. The van der Waals surface area contributed by atoms with E-state index in [-0.39, 0.29) is 12.8 Å². The standard InChI is InChI=1S/C19H35N3O7/c1-18(2,3)28-14(23)11-12(20)15(24)22-13(16(25)26)9-7-8-10-21-17(27)29-19(4,5)6/h12-13H,7-11,20H2,1-6H3,(H,21,27)(H,22,24)(H,25,26)/t12-,13-/m0/s1. The molecule has 168 valence electrons. The molecule has 0 spiro atoms. The van der Waals surface area contributed by atoms with Gasteiger partial charge in [-0.3, -0.25) is 9.59 Å². The number of carbonyl (C=O) groups excluding carboxylic acids is 3. The first kappa shape index (κ1) is 26.6. The van der Waals surface area contributed by atoms with Gasteiger partial charge in [0.1, 0.15) is 17.2 Å². The maximum Gasteiger partial charge on any atom is 0.407 e. The van der Waals surface area contributed by atoms with Crippen LogP contribution in [0.4, 0.5) is 4.79 Å². The monoisotopic (exact) mass is 417 g/mol. The van der Waals surface area contributed by atoms with E-state index in [1.807, 2.05) is 0 Å². The van der Waals surface area contributed by atoms with Gasteiger partial charge in [-0.2, -0.15) is 0 Å². The van der Waals surface area contributed by atoms with Crippen molar-refractivity contribution in [1.29, 1.82) is 0 Å². The van der Waals surface area contributed by atoms with Crippen LogP contribution in [-0.4, -0.2) is 58.9 Å². The van der Waals surface area contributed by atoms with Crippen molar-refractivity contribution in [2.45, 2.75) is 90.5 Å². The van der Waals surface area contributed by atoms with E-state index in [1.54, 1.807) is 41.5 Å². The lowest BCUT2D eigenvalue weighted by atomic mass is 10.1. The molecule has 0 bridgehead atoms. The number of carbonyl (C=O) groups is 4. The third-order valence-electron chi connectivity index (χ3n) is 3.35. The van der Waals surface area contributed by atoms with Crippen LogP contribution in [0.5, 0.6) is 0 Å². The van der Waals surface area contributed by atoms with E-state index in [2.05, 4.69) is 10.6 Å². The van der Waals surface area contributed by atoms with E-state index >= 15 is 0 Å². The van der Waals surface area contributed by atoms with E-state index in [4.69, 9.17) is 15.2 Å². The molecule has 0 unspecified atom stereocenters. The molecule has 5 N–H and O–H groups in total. The average molecular weight is 418 g/mol. The Labute approximate surface area is 171 Å². The fourth-order valence-electron chi connectivity index (χ4n) is 2.17. The van der Waals surface area contributed by atoms with Gasteiger partial charge in [-0.1, -0.05) is 0 Å². The second-order valence-electron chi connectivity index (χ2n) is 8.72. The van der Waals surface area contributed by atoms with E-state index in [0.717, 1.165) is 0 Å². The summed E-state index contributed by atoms with van der Waals surface area (Å²) in [6, 6.07) is -2.35. The van der Waals surface area contributed by atoms with Crippen LogP contribution in [0.25, 0.3) is 0 Å². The quantitative estimate of drug-likeness (QED) is 0.306. The number of rotatable bonds is 10. The maximum atomic E-state index is 12.1. The van der Waals surface area contributed by atoms with Crippen molar-refractivity contribution in [1.82, 2.24) is 10.6 Å². The minimum Gasteiger partial charge on any atom is -0.480 e. The smallest absolute Gasteiger partial charge is 0.407 e. The van der Waals surface area contributed by atoms with E-state index in [0.29, 0.717) is 19.4 Å². The number of carboxylic acids is 1. The highest BCUT2D eigenvalue weighted by Crippen LogP contribution is 2.10. The Morgan fingerprint density at radius 2 is 1.52 bits per heavy atom. The third-order valence-corrected chi connectivity index (χ3v) is 3.35. The fourth-order valence-corrected chi connectivity index (χ4v) is 2.17. The van der Waals surface area contributed by atoms with Crippen molar-refractivity contribution in [3.63, 3.8) is 0 Å². The van der Waals surface area contributed by atoms with Gasteiger partial charge in [-0.15, -0.1) is 0 Å². The Kier molecular flexibility index (Phi) is 10.7. The van der Waals surface area contributed by atoms with Crippen LogP contribution in [0.15, 0.2) is 0 Å². The fraction of sp³-hybridized carbons (Fsp3) is 0.789. The van der Waals surface area contributed by atoms with Crippen LogP contribution < -0.4 is 16.4 Å². The summed E-state index contributed by atoms with van der Waals surface area (Å²) >= 11 is 0. The molecule has 2 atom stereocenters. The Bertz CT molecular complexity index is 579. The van der Waals surface area contributed by atoms with Crippen LogP contribution in [0.2, 0.25) is 0 Å². The number of alkyl carbamates (subject to hydrolysis) is 1. The van der Waals surface area contributed by atoms with Gasteiger partial charge < -0.3 is 30.9 Å². The SMILES string of the molecule is CC(C)(C)OC(=O)C[C@H](N)C(=O)N[C@@H](CCCCNC(=O)OC(C)(C)C)C(=O)O. The largest absolute Gasteiger partial charge is 0.480 e. The van der Waals surface area contributed by atoms with Gasteiger partial charge in [0.25, 0.3) is 0 Å². The third kappa shape index (κ3) is 14.3. The van der Waals surface area contributed by atoms with Gasteiger partial charge in [0.15, 0.2) is 0 Å². The van der Waals surface area contributed by atoms with Crippen molar-refractivity contribution >= 4 is 23.9 Å². The maximum absolute atomic E-state index is 12.1. The minimum absolute atomic E-state index is 0.149. The predicted molar refractivity (Wildman–Crippen MR) is 106 cm³/mol. The second kappa shape index (κ2) is 11.6. The summed E-state index contributed by atoms with van der Waals surface area (Å²) in [5, 5.41) is 14.2. The topological polar surface area (TPSA) is 157 Å². The number of nitrogens with two attached hydrogens (primary N) is 1. The Morgan fingerprint density at radius 3 is 2.00 bits per heavy atom. The number of ether oxygens (including phenoxy) is 2. The Morgan fingerprint density at radius 1 is 0.966 bits per heavy atom. The van der Waals surface area contributed by atoms with Gasteiger partial charge >= 0.3 is 18.0 Å². The zero-order valence-electron chi connectivity index (χ0n) is 18.2. The number of unbranched alkanes of at least 4 members (excludes halogenated alkanes) is 1. The van der Waals surface area contributed by atoms with Crippen LogP contribution in [0.1, 0.15) is 67.2 Å². The average Bonchev–Trinajstić information content (AvgIpc) is 2.49. The normalized spacial score (nSPS) is 13.8. The molecule has 10 heteroatoms. The van der Waals surface area contributed by atoms with Crippen LogP contribution in [-0.2, 0) is 23.9 Å². The van der Waals surface area contributed by atoms with Crippen molar-refractivity contribution in [2.24, 2.45) is 5.73 Å². The summed E-state index contributed by atoms with van der Waals surface area (Å²) in [6.45, 7) is 10.6. The number of hydrogen-bond acceptors (Lipinski definition) is 7. The van der Waals surface area contributed by atoms with Gasteiger partial charge in [0.05, 0.1) is 12.5 Å². The van der Waals surface area contributed by atoms with Gasteiger partial charge in [-0.05, 0) is 60.8 Å². The van der Waals surface area contributed by atoms with Crippen molar-refractivity contribution < 1.29 is 33.8 Å². The second-order valence-corrected chi connectivity index (χ2v) is 8.72. The van der Waals surface area contributed by atoms with Gasteiger partial charge in [0.2, 0.25) is 5.91 Å². The molecule has 0 saturated heterocycles. The molecule has 29 heavy (non-hydrogen) atoms. The van der Waals surface area contributed by atoms with Crippen molar-refractivity contribution in [3.05, 3.63) is 0 Å². The van der Waals surface area contributed by atoms with Crippen molar-refractivity contribution in [2.75, 3.05) is 6.54 Å². The van der Waals surface area contributed by atoms with E-state index in [9.17, 15) is 24.3 Å². The zero-order valence-corrected chi connectivity index (χ0v) is 18.2. The van der Waals surface area contributed by atoms with Crippen LogP contribution >= 0.6 is 0 Å².